The van der Waals surface area contributed by atoms with E-state index < -0.39 is 0 Å². The lowest BCUT2D eigenvalue weighted by Crippen LogP contribution is -2.34. The molecule has 2 aromatic rings. The van der Waals surface area contributed by atoms with Gasteiger partial charge < -0.3 is 10.3 Å². The van der Waals surface area contributed by atoms with Crippen LogP contribution in [0.3, 0.4) is 0 Å². The summed E-state index contributed by atoms with van der Waals surface area (Å²) in [4.78, 5) is 14.9. The van der Waals surface area contributed by atoms with Crippen molar-refractivity contribution in [3.63, 3.8) is 0 Å². The van der Waals surface area contributed by atoms with Gasteiger partial charge in [-0.1, -0.05) is 18.6 Å². The molecule has 3 nitrogen and oxygen atoms in total. The highest BCUT2D eigenvalue weighted by Crippen LogP contribution is 2.30. The number of benzene rings is 1. The van der Waals surface area contributed by atoms with Crippen molar-refractivity contribution in [1.82, 2.24) is 10.3 Å². The van der Waals surface area contributed by atoms with Crippen LogP contribution < -0.4 is 5.32 Å². The molecule has 1 heterocycles. The molecule has 1 unspecified atom stereocenters. The van der Waals surface area contributed by atoms with Gasteiger partial charge in [0.1, 0.15) is 0 Å². The van der Waals surface area contributed by atoms with E-state index in [9.17, 15) is 4.79 Å². The molecule has 0 fully saturated rings. The van der Waals surface area contributed by atoms with Crippen molar-refractivity contribution < 1.29 is 4.79 Å². The summed E-state index contributed by atoms with van der Waals surface area (Å²) in [7, 11) is 0. The van der Waals surface area contributed by atoms with Crippen LogP contribution in [0.4, 0.5) is 0 Å². The summed E-state index contributed by atoms with van der Waals surface area (Å²) < 4.78 is 0. The fourth-order valence-corrected chi connectivity index (χ4v) is 2.82. The molecule has 0 radical (unpaired) electrons. The van der Waals surface area contributed by atoms with Crippen molar-refractivity contribution in [2.45, 2.75) is 39.2 Å². The number of aryl methyl sites for hydroxylation is 1. The van der Waals surface area contributed by atoms with Crippen LogP contribution in [0.1, 0.15) is 30.2 Å². The smallest absolute Gasteiger partial charge is 0.219 e. The fraction of sp³-hybridized carbons (Fsp3) is 0.400. The number of carbonyl (C=O) groups excluding carboxylic acids is 1. The second-order valence-electron chi connectivity index (χ2n) is 5.16. The third kappa shape index (κ3) is 1.80. The van der Waals surface area contributed by atoms with E-state index in [2.05, 4.69) is 35.4 Å². The summed E-state index contributed by atoms with van der Waals surface area (Å²) >= 11 is 0. The molecule has 0 spiro atoms. The molecule has 0 bridgehead atoms. The third-order valence-corrected chi connectivity index (χ3v) is 3.74. The van der Waals surface area contributed by atoms with Crippen molar-refractivity contribution >= 4 is 16.8 Å². The Morgan fingerprint density at radius 2 is 2.28 bits per heavy atom. The van der Waals surface area contributed by atoms with Crippen LogP contribution in [0.25, 0.3) is 10.9 Å². The number of hydrogen-bond acceptors (Lipinski definition) is 1. The van der Waals surface area contributed by atoms with E-state index in [0.29, 0.717) is 6.42 Å². The van der Waals surface area contributed by atoms with Gasteiger partial charge in [-0.25, -0.2) is 0 Å². The van der Waals surface area contributed by atoms with Crippen LogP contribution in [-0.4, -0.2) is 16.9 Å². The molecule has 0 saturated carbocycles. The Morgan fingerprint density at radius 3 is 3.06 bits per heavy atom. The van der Waals surface area contributed by atoms with E-state index in [-0.39, 0.29) is 11.9 Å². The van der Waals surface area contributed by atoms with Crippen LogP contribution in [-0.2, 0) is 17.6 Å². The molecule has 94 valence electrons. The van der Waals surface area contributed by atoms with Crippen molar-refractivity contribution in [3.8, 4) is 0 Å². The summed E-state index contributed by atoms with van der Waals surface area (Å²) in [6.07, 6.45) is 2.43. The second kappa shape index (κ2) is 4.16. The van der Waals surface area contributed by atoms with Crippen LogP contribution in [0, 0.1) is 6.92 Å². The van der Waals surface area contributed by atoms with Crippen molar-refractivity contribution in [2.24, 2.45) is 0 Å². The van der Waals surface area contributed by atoms with E-state index in [0.717, 1.165) is 12.8 Å². The molecule has 1 atom stereocenters. The Labute approximate surface area is 107 Å². The molecule has 18 heavy (non-hydrogen) atoms. The lowest BCUT2D eigenvalue weighted by atomic mass is 10.1. The third-order valence-electron chi connectivity index (χ3n) is 3.74. The standard InChI is InChI=1S/C15H18N2O/c1-3-15(18)16-10-7-12-11-6-9(2)4-5-13(11)17-14(12)8-10/h4-6,10,17H,3,7-8H2,1-2H3,(H,16,18). The number of H-pyrrole nitrogens is 1. The second-order valence-corrected chi connectivity index (χ2v) is 5.16. The maximum Gasteiger partial charge on any atom is 0.219 e. The number of hydrogen-bond donors (Lipinski definition) is 2. The molecule has 3 rings (SSSR count). The zero-order valence-electron chi connectivity index (χ0n) is 10.8. The number of aromatic amines is 1. The largest absolute Gasteiger partial charge is 0.358 e. The molecule has 1 amide bonds. The van der Waals surface area contributed by atoms with Crippen LogP contribution in [0.2, 0.25) is 0 Å². The number of fused-ring (bicyclic) bond motifs is 3. The number of aromatic nitrogens is 1. The van der Waals surface area contributed by atoms with Crippen molar-refractivity contribution in [3.05, 3.63) is 35.0 Å². The van der Waals surface area contributed by atoms with E-state index in [1.165, 1.54) is 27.7 Å². The Hall–Kier alpha value is -1.77. The molecule has 0 saturated heterocycles. The number of rotatable bonds is 2. The summed E-state index contributed by atoms with van der Waals surface area (Å²) in [5, 5.41) is 4.40. The molecular weight excluding hydrogens is 224 g/mol. The molecule has 1 aromatic carbocycles. The monoisotopic (exact) mass is 242 g/mol. The SMILES string of the molecule is CCC(=O)NC1Cc2[nH]c3ccc(C)cc3c2C1. The fourth-order valence-electron chi connectivity index (χ4n) is 2.82. The minimum absolute atomic E-state index is 0.144. The quantitative estimate of drug-likeness (QED) is 0.835. The first kappa shape index (κ1) is 11.3. The van der Waals surface area contributed by atoms with Gasteiger partial charge in [-0.05, 0) is 31.0 Å². The molecule has 0 aliphatic heterocycles. The summed E-state index contributed by atoms with van der Waals surface area (Å²) in [5.41, 5.74) is 5.17. The highest BCUT2D eigenvalue weighted by Gasteiger charge is 2.26. The van der Waals surface area contributed by atoms with Crippen LogP contribution in [0.15, 0.2) is 18.2 Å². The first-order valence-electron chi connectivity index (χ1n) is 6.57. The average Bonchev–Trinajstić information content (AvgIpc) is 2.86. The van der Waals surface area contributed by atoms with Gasteiger partial charge in [-0.2, -0.15) is 0 Å². The van der Waals surface area contributed by atoms with Gasteiger partial charge >= 0.3 is 0 Å². The maximum atomic E-state index is 11.4. The summed E-state index contributed by atoms with van der Waals surface area (Å²) in [5.74, 6) is 0.144. The Kier molecular flexibility index (Phi) is 2.62. The molecular formula is C15H18N2O. The van der Waals surface area contributed by atoms with E-state index in [4.69, 9.17) is 0 Å². The highest BCUT2D eigenvalue weighted by molar-refractivity contribution is 5.86. The van der Waals surface area contributed by atoms with Crippen molar-refractivity contribution in [2.75, 3.05) is 0 Å². The van der Waals surface area contributed by atoms with Crippen LogP contribution in [0.5, 0.6) is 0 Å². The molecule has 1 aliphatic rings. The van der Waals surface area contributed by atoms with Gasteiger partial charge in [0.05, 0.1) is 0 Å². The molecule has 1 aliphatic carbocycles. The zero-order chi connectivity index (χ0) is 12.7. The Bertz CT molecular complexity index is 612. The summed E-state index contributed by atoms with van der Waals surface area (Å²) in [6, 6.07) is 6.77. The van der Waals surface area contributed by atoms with Crippen molar-refractivity contribution in [1.29, 1.82) is 0 Å². The predicted molar refractivity (Wildman–Crippen MR) is 72.7 cm³/mol. The molecule has 1 aromatic heterocycles. The van der Waals surface area contributed by atoms with Crippen LogP contribution >= 0.6 is 0 Å². The van der Waals surface area contributed by atoms with Gasteiger partial charge in [0.25, 0.3) is 0 Å². The van der Waals surface area contributed by atoms with Gasteiger partial charge in [0.2, 0.25) is 5.91 Å². The Morgan fingerprint density at radius 1 is 1.44 bits per heavy atom. The lowest BCUT2D eigenvalue weighted by Gasteiger charge is -2.11. The average molecular weight is 242 g/mol. The highest BCUT2D eigenvalue weighted by atomic mass is 16.1. The van der Waals surface area contributed by atoms with E-state index in [1.807, 2.05) is 6.92 Å². The van der Waals surface area contributed by atoms with E-state index >= 15 is 0 Å². The van der Waals surface area contributed by atoms with Gasteiger partial charge in [-0.3, -0.25) is 4.79 Å². The topological polar surface area (TPSA) is 44.9 Å². The minimum atomic E-state index is 0.144. The van der Waals surface area contributed by atoms with Gasteiger partial charge in [-0.15, -0.1) is 0 Å². The lowest BCUT2D eigenvalue weighted by molar-refractivity contribution is -0.121. The number of amides is 1. The van der Waals surface area contributed by atoms with Gasteiger partial charge in [0, 0.05) is 35.5 Å². The Balaban J connectivity index is 1.90. The van der Waals surface area contributed by atoms with E-state index in [1.54, 1.807) is 0 Å². The number of carbonyl (C=O) groups is 1. The van der Waals surface area contributed by atoms with Gasteiger partial charge in [0.15, 0.2) is 0 Å². The first-order chi connectivity index (χ1) is 8.67. The zero-order valence-corrected chi connectivity index (χ0v) is 10.8. The molecule has 2 N–H and O–H groups in total. The number of nitrogens with one attached hydrogen (secondary N) is 2. The molecule has 3 heteroatoms. The summed E-state index contributed by atoms with van der Waals surface area (Å²) in [6.45, 7) is 4.01. The first-order valence-corrected chi connectivity index (χ1v) is 6.57. The maximum absolute atomic E-state index is 11.4. The predicted octanol–water partition coefficient (Wildman–Crippen LogP) is 2.47. The minimum Gasteiger partial charge on any atom is -0.358 e. The normalized spacial score (nSPS) is 18.0.